The van der Waals surface area contributed by atoms with Crippen molar-refractivity contribution >= 4 is 17.4 Å². The molecule has 54 valence electrons. The summed E-state index contributed by atoms with van der Waals surface area (Å²) in [5, 5.41) is 0.395. The molecule has 0 bridgehead atoms. The van der Waals surface area contributed by atoms with Crippen molar-refractivity contribution in [2.75, 3.05) is 0 Å². The van der Waals surface area contributed by atoms with E-state index in [1.54, 1.807) is 13.0 Å². The van der Waals surface area contributed by atoms with E-state index in [4.69, 9.17) is 16.0 Å². The number of hydrogen-bond donors (Lipinski definition) is 0. The summed E-state index contributed by atoms with van der Waals surface area (Å²) in [5.41, 5.74) is 0. The van der Waals surface area contributed by atoms with Gasteiger partial charge >= 0.3 is 0 Å². The molecule has 1 aromatic heterocycles. The molecule has 10 heavy (non-hydrogen) atoms. The molecule has 0 spiro atoms. The second kappa shape index (κ2) is 2.88. The number of halogens is 1. The van der Waals surface area contributed by atoms with Gasteiger partial charge in [-0.3, -0.25) is 4.79 Å². The first kappa shape index (κ1) is 7.35. The Labute approximate surface area is 63.8 Å². The van der Waals surface area contributed by atoms with Gasteiger partial charge in [-0.05, 0) is 6.07 Å². The molecule has 0 fully saturated rings. The van der Waals surface area contributed by atoms with Crippen LogP contribution < -0.4 is 0 Å². The molecule has 0 saturated carbocycles. The molecule has 3 heteroatoms. The van der Waals surface area contributed by atoms with E-state index >= 15 is 0 Å². The second-order valence-corrected chi connectivity index (χ2v) is 2.28. The van der Waals surface area contributed by atoms with Gasteiger partial charge in [0.1, 0.15) is 0 Å². The van der Waals surface area contributed by atoms with Crippen molar-refractivity contribution in [2.24, 2.45) is 0 Å². The summed E-state index contributed by atoms with van der Waals surface area (Å²) in [7, 11) is 0. The molecule has 0 N–H and O–H groups in total. The molecular weight excluding hydrogens is 152 g/mol. The standard InChI is InChI=1S/C7H7ClO2/c1-2-6(9)7-5(8)3-4-10-7/h3-4H,2H2,1H3. The Balaban J connectivity index is 2.93. The lowest BCUT2D eigenvalue weighted by atomic mass is 10.2. The summed E-state index contributed by atoms with van der Waals surface area (Å²) in [6.45, 7) is 1.77. The van der Waals surface area contributed by atoms with Gasteiger partial charge in [0.05, 0.1) is 11.3 Å². The quantitative estimate of drug-likeness (QED) is 0.620. The number of hydrogen-bond acceptors (Lipinski definition) is 2. The zero-order valence-electron chi connectivity index (χ0n) is 5.56. The van der Waals surface area contributed by atoms with Crippen LogP contribution in [0.25, 0.3) is 0 Å². The third-order valence-corrected chi connectivity index (χ3v) is 1.49. The molecule has 1 heterocycles. The van der Waals surface area contributed by atoms with Crippen LogP contribution in [0.1, 0.15) is 23.9 Å². The summed E-state index contributed by atoms with van der Waals surface area (Å²) in [6, 6.07) is 1.56. The van der Waals surface area contributed by atoms with E-state index in [-0.39, 0.29) is 11.5 Å². The normalized spacial score (nSPS) is 9.80. The second-order valence-electron chi connectivity index (χ2n) is 1.87. The molecule has 1 rings (SSSR count). The molecule has 0 aliphatic heterocycles. The van der Waals surface area contributed by atoms with Gasteiger partial charge in [-0.15, -0.1) is 0 Å². The highest BCUT2D eigenvalue weighted by molar-refractivity contribution is 6.33. The first-order valence-electron chi connectivity index (χ1n) is 3.02. The molecule has 0 atom stereocenters. The fraction of sp³-hybridized carbons (Fsp3) is 0.286. The molecule has 0 aliphatic rings. The molecular formula is C7H7ClO2. The van der Waals surface area contributed by atoms with Crippen molar-refractivity contribution in [1.29, 1.82) is 0 Å². The van der Waals surface area contributed by atoms with Gasteiger partial charge in [-0.1, -0.05) is 18.5 Å². The Hall–Kier alpha value is -0.760. The highest BCUT2D eigenvalue weighted by Gasteiger charge is 2.10. The van der Waals surface area contributed by atoms with Crippen LogP contribution in [0.3, 0.4) is 0 Å². The zero-order chi connectivity index (χ0) is 7.56. The smallest absolute Gasteiger partial charge is 0.199 e. The van der Waals surface area contributed by atoms with E-state index < -0.39 is 0 Å². The van der Waals surface area contributed by atoms with Crippen LogP contribution in [0.5, 0.6) is 0 Å². The zero-order valence-corrected chi connectivity index (χ0v) is 6.31. The third-order valence-electron chi connectivity index (χ3n) is 1.19. The maximum atomic E-state index is 10.9. The molecule has 0 unspecified atom stereocenters. The lowest BCUT2D eigenvalue weighted by Gasteiger charge is -1.89. The summed E-state index contributed by atoms with van der Waals surface area (Å²) in [6.07, 6.45) is 1.83. The van der Waals surface area contributed by atoms with Gasteiger partial charge in [0.15, 0.2) is 11.5 Å². The molecule has 2 nitrogen and oxygen atoms in total. The lowest BCUT2D eigenvalue weighted by molar-refractivity contribution is 0.0961. The van der Waals surface area contributed by atoms with E-state index in [1.807, 2.05) is 0 Å². The van der Waals surface area contributed by atoms with Crippen LogP contribution in [0.15, 0.2) is 16.7 Å². The predicted octanol–water partition coefficient (Wildman–Crippen LogP) is 2.53. The largest absolute Gasteiger partial charge is 0.460 e. The van der Waals surface area contributed by atoms with Crippen LogP contribution in [0, 0.1) is 0 Å². The van der Waals surface area contributed by atoms with E-state index in [9.17, 15) is 4.79 Å². The van der Waals surface area contributed by atoms with Gasteiger partial charge in [0.25, 0.3) is 0 Å². The fourth-order valence-corrected chi connectivity index (χ4v) is 0.855. The van der Waals surface area contributed by atoms with Gasteiger partial charge < -0.3 is 4.42 Å². The van der Waals surface area contributed by atoms with Gasteiger partial charge in [-0.25, -0.2) is 0 Å². The number of carbonyl (C=O) groups is 1. The number of Topliss-reactive ketones (excluding diaryl/α,β-unsaturated/α-hetero) is 1. The highest BCUT2D eigenvalue weighted by atomic mass is 35.5. The molecule has 0 amide bonds. The van der Waals surface area contributed by atoms with Crippen molar-refractivity contribution in [2.45, 2.75) is 13.3 Å². The number of ketones is 1. The highest BCUT2D eigenvalue weighted by Crippen LogP contribution is 2.17. The average Bonchev–Trinajstić information content (AvgIpc) is 2.34. The van der Waals surface area contributed by atoms with Gasteiger partial charge in [-0.2, -0.15) is 0 Å². The predicted molar refractivity (Wildman–Crippen MR) is 38.3 cm³/mol. The molecule has 1 aromatic rings. The SMILES string of the molecule is CCC(=O)c1occc1Cl. The lowest BCUT2D eigenvalue weighted by Crippen LogP contribution is -1.93. The Kier molecular flexibility index (Phi) is 2.12. The Bertz CT molecular complexity index is 240. The van der Waals surface area contributed by atoms with E-state index in [1.165, 1.54) is 6.26 Å². The van der Waals surface area contributed by atoms with Crippen molar-refractivity contribution in [3.63, 3.8) is 0 Å². The van der Waals surface area contributed by atoms with Crippen molar-refractivity contribution in [3.05, 3.63) is 23.1 Å². The van der Waals surface area contributed by atoms with E-state index in [0.717, 1.165) is 0 Å². The molecule has 0 aliphatic carbocycles. The van der Waals surface area contributed by atoms with Crippen molar-refractivity contribution < 1.29 is 9.21 Å². The van der Waals surface area contributed by atoms with Crippen LogP contribution in [-0.2, 0) is 0 Å². The van der Waals surface area contributed by atoms with Crippen LogP contribution in [-0.4, -0.2) is 5.78 Å². The summed E-state index contributed by atoms with van der Waals surface area (Å²) >= 11 is 5.60. The average molecular weight is 159 g/mol. The van der Waals surface area contributed by atoms with Gasteiger partial charge in [0, 0.05) is 6.42 Å². The number of rotatable bonds is 2. The summed E-state index contributed by atoms with van der Waals surface area (Å²) < 4.78 is 4.84. The Morgan fingerprint density at radius 1 is 1.80 bits per heavy atom. The minimum atomic E-state index is -0.0602. The Morgan fingerprint density at radius 3 is 2.90 bits per heavy atom. The van der Waals surface area contributed by atoms with Crippen LogP contribution >= 0.6 is 11.6 Å². The summed E-state index contributed by atoms with van der Waals surface area (Å²) in [5.74, 6) is 0.208. The maximum absolute atomic E-state index is 10.9. The van der Waals surface area contributed by atoms with Gasteiger partial charge in [0.2, 0.25) is 0 Å². The third kappa shape index (κ3) is 1.21. The number of carbonyl (C=O) groups excluding carboxylic acids is 1. The molecule has 0 saturated heterocycles. The Morgan fingerprint density at radius 2 is 2.50 bits per heavy atom. The number of furan rings is 1. The van der Waals surface area contributed by atoms with E-state index in [0.29, 0.717) is 11.4 Å². The summed E-state index contributed by atoms with van der Waals surface area (Å²) in [4.78, 5) is 10.9. The maximum Gasteiger partial charge on any atom is 0.199 e. The minimum Gasteiger partial charge on any atom is -0.460 e. The monoisotopic (exact) mass is 158 g/mol. The van der Waals surface area contributed by atoms with Crippen LogP contribution in [0.2, 0.25) is 5.02 Å². The first-order chi connectivity index (χ1) is 4.75. The van der Waals surface area contributed by atoms with E-state index in [2.05, 4.69) is 0 Å². The topological polar surface area (TPSA) is 30.2 Å². The molecule has 0 aromatic carbocycles. The van der Waals surface area contributed by atoms with Crippen molar-refractivity contribution in [1.82, 2.24) is 0 Å². The minimum absolute atomic E-state index is 0.0602. The fourth-order valence-electron chi connectivity index (χ4n) is 0.653. The van der Waals surface area contributed by atoms with Crippen molar-refractivity contribution in [3.8, 4) is 0 Å². The molecule has 0 radical (unpaired) electrons. The van der Waals surface area contributed by atoms with Crippen LogP contribution in [0.4, 0.5) is 0 Å². The first-order valence-corrected chi connectivity index (χ1v) is 3.39.